The number of nitrogens with one attached hydrogen (secondary N) is 11. The Morgan fingerprint density at radius 2 is 0.969 bits per heavy atom. The van der Waals surface area contributed by atoms with Crippen LogP contribution in [0.4, 0.5) is 0 Å². The number of aromatic nitrogens is 1. The molecule has 6 aromatic carbocycles. The van der Waals surface area contributed by atoms with Crippen molar-refractivity contribution in [2.75, 3.05) is 59.3 Å². The predicted octanol–water partition coefficient (Wildman–Crippen LogP) is 2.77. The molecule has 1 saturated heterocycles. The summed E-state index contributed by atoms with van der Waals surface area (Å²) in [7, 11) is 5.26. The van der Waals surface area contributed by atoms with Crippen LogP contribution < -0.4 is 58.9 Å². The number of carboxylic acid groups (broad SMARTS) is 1. The van der Waals surface area contributed by atoms with Crippen LogP contribution in [-0.4, -0.2) is 260 Å². The lowest BCUT2D eigenvalue weighted by Crippen LogP contribution is -2.61. The molecule has 16 N–H and O–H groups in total. The first-order valence-electron chi connectivity index (χ1n) is 43.5. The summed E-state index contributed by atoms with van der Waals surface area (Å²) in [6.07, 6.45) is 2.39. The van der Waals surface area contributed by atoms with Gasteiger partial charge in [0.1, 0.15) is 78.0 Å². The number of unbranched alkanes of at least 4 members (excludes halogenated alkanes) is 1. The van der Waals surface area contributed by atoms with Crippen molar-refractivity contribution >= 4 is 123 Å². The van der Waals surface area contributed by atoms with E-state index in [0.29, 0.717) is 63.6 Å². The number of nitrogens with two attached hydrogens (primary N) is 1. The number of thioether (sulfide) groups is 1. The Morgan fingerprint density at radius 1 is 0.489 bits per heavy atom. The second-order valence-electron chi connectivity index (χ2n) is 33.8. The Hall–Kier alpha value is -13.9. The zero-order chi connectivity index (χ0) is 95.3. The first kappa shape index (κ1) is 101. The van der Waals surface area contributed by atoms with Crippen molar-refractivity contribution in [1.29, 1.82) is 0 Å². The highest BCUT2D eigenvalue weighted by Crippen LogP contribution is 2.32. The normalized spacial score (nSPS) is 22.1. The van der Waals surface area contributed by atoms with Gasteiger partial charge in [-0.15, -0.1) is 11.8 Å². The third-order valence-electron chi connectivity index (χ3n) is 22.7. The molecule has 35 nitrogen and oxygen atoms in total. The Labute approximate surface area is 764 Å². The molecule has 0 bridgehead atoms. The number of hydrogen-bond acceptors (Lipinski definition) is 19. The zero-order valence-electron chi connectivity index (χ0n) is 74.8. The maximum absolute atomic E-state index is 15.5. The van der Waals surface area contributed by atoms with E-state index < -0.39 is 199 Å². The van der Waals surface area contributed by atoms with Crippen molar-refractivity contribution < 1.29 is 92.0 Å². The van der Waals surface area contributed by atoms with E-state index >= 15 is 38.4 Å². The van der Waals surface area contributed by atoms with Gasteiger partial charge in [0.15, 0.2) is 0 Å². The first-order valence-corrected chi connectivity index (χ1v) is 44.6. The van der Waals surface area contributed by atoms with Gasteiger partial charge in [-0.25, -0.2) is 0 Å². The van der Waals surface area contributed by atoms with Gasteiger partial charge in [0, 0.05) is 89.6 Å². The van der Waals surface area contributed by atoms with Gasteiger partial charge < -0.3 is 98.8 Å². The molecule has 698 valence electrons. The third kappa shape index (κ3) is 29.8. The maximum Gasteiger partial charge on any atom is 0.305 e. The van der Waals surface area contributed by atoms with Crippen LogP contribution in [0.2, 0.25) is 0 Å². The first-order chi connectivity index (χ1) is 62.4. The van der Waals surface area contributed by atoms with E-state index in [1.807, 2.05) is 31.2 Å². The molecular weight excluding hydrogens is 1700 g/mol. The summed E-state index contributed by atoms with van der Waals surface area (Å²) in [5.74, 6) is -17.6. The van der Waals surface area contributed by atoms with Crippen molar-refractivity contribution in [3.8, 4) is 11.5 Å². The SMILES string of the molecule is CCCC[C@H]1C(=O)N(C)CC(=O)N[C@@H](CC(=O)O)C(=O)N[C@@H](C(C)C)C(=O)N[C@@H](Cc2c[nH]c3ccccc23)C(=O)N[C@@H](Cc2ccc(O)cc2)C(=O)N(C)CC(=O)N[C@@H](CC2=CCc3ccccc32)C(=O)N[C@@H](Cc2ccc(O)cc2)C(=O)N[C@@H](CC(C)C)C(=O)N[C@H](C(=O)NCC(N)=O)CSCC(=O)N[C@@H](Cc2ccccc2)C(=O)N(C)[C@@H](Cc2ccccc2)C(=O)N1C. The van der Waals surface area contributed by atoms with Crippen LogP contribution in [0.3, 0.4) is 0 Å². The molecule has 2 heterocycles. The molecule has 1 fully saturated rings. The molecular formula is C95H118N16O19S. The zero-order valence-corrected chi connectivity index (χ0v) is 75.7. The average molecular weight is 1820 g/mol. The van der Waals surface area contributed by atoms with E-state index in [1.54, 1.807) is 125 Å². The summed E-state index contributed by atoms with van der Waals surface area (Å²) < 4.78 is 0. The number of allylic oxidation sites excluding steroid dienone is 1. The molecule has 1 aromatic heterocycles. The fourth-order valence-electron chi connectivity index (χ4n) is 15.6. The summed E-state index contributed by atoms with van der Waals surface area (Å²) in [6, 6.07) is 26.1. The number of carboxylic acids is 1. The number of primary amides is 1. The summed E-state index contributed by atoms with van der Waals surface area (Å²) in [5.41, 5.74) is 10.9. The van der Waals surface area contributed by atoms with Crippen LogP contribution in [0.15, 0.2) is 170 Å². The van der Waals surface area contributed by atoms with Gasteiger partial charge in [0.2, 0.25) is 88.6 Å². The number of carbonyl (C=O) groups is 16. The molecule has 0 saturated carbocycles. The van der Waals surface area contributed by atoms with Gasteiger partial charge in [0.05, 0.1) is 31.8 Å². The number of aromatic hydroxyl groups is 2. The van der Waals surface area contributed by atoms with Crippen molar-refractivity contribution in [3.63, 3.8) is 0 Å². The highest BCUT2D eigenvalue weighted by molar-refractivity contribution is 8.00. The van der Waals surface area contributed by atoms with Crippen molar-refractivity contribution in [1.82, 2.24) is 77.8 Å². The van der Waals surface area contributed by atoms with Gasteiger partial charge in [-0.3, -0.25) is 76.7 Å². The van der Waals surface area contributed by atoms with Gasteiger partial charge in [0.25, 0.3) is 0 Å². The highest BCUT2D eigenvalue weighted by atomic mass is 32.2. The van der Waals surface area contributed by atoms with Gasteiger partial charge in [-0.1, -0.05) is 181 Å². The summed E-state index contributed by atoms with van der Waals surface area (Å²) in [4.78, 5) is 242. The molecule has 1 aliphatic heterocycles. The summed E-state index contributed by atoms with van der Waals surface area (Å²) >= 11 is 0.832. The lowest BCUT2D eigenvalue weighted by molar-refractivity contribution is -0.151. The number of phenols is 2. The topological polar surface area (TPSA) is 509 Å². The number of amides is 15. The molecule has 9 rings (SSSR count). The van der Waals surface area contributed by atoms with Crippen LogP contribution in [0, 0.1) is 11.8 Å². The van der Waals surface area contributed by atoms with Crippen molar-refractivity contribution in [2.24, 2.45) is 17.6 Å². The van der Waals surface area contributed by atoms with Crippen LogP contribution in [0.1, 0.15) is 112 Å². The minimum Gasteiger partial charge on any atom is -0.508 e. The molecule has 7 aromatic rings. The number of phenolic OH excluding ortho intramolecular Hbond substituents is 2. The average Bonchev–Trinajstić information content (AvgIpc) is 1.25. The minimum absolute atomic E-state index is 0.0273. The summed E-state index contributed by atoms with van der Waals surface area (Å²) in [5, 5.41) is 58.4. The van der Waals surface area contributed by atoms with E-state index in [1.165, 1.54) is 86.5 Å². The number of carbonyl (C=O) groups excluding carboxylic acids is 15. The minimum atomic E-state index is -1.92. The van der Waals surface area contributed by atoms with Crippen LogP contribution >= 0.6 is 11.8 Å². The number of aliphatic carboxylic acids is 1. The fourth-order valence-corrected chi connectivity index (χ4v) is 16.5. The smallest absolute Gasteiger partial charge is 0.305 e. The molecule has 11 atom stereocenters. The molecule has 2 aliphatic rings. The van der Waals surface area contributed by atoms with Crippen LogP contribution in [-0.2, 0) is 115 Å². The second-order valence-corrected chi connectivity index (χ2v) is 34.8. The van der Waals surface area contributed by atoms with E-state index in [0.717, 1.165) is 32.7 Å². The van der Waals surface area contributed by atoms with Gasteiger partial charge in [-0.05, 0) is 106 Å². The quantitative estimate of drug-likeness (QED) is 0.0438. The van der Waals surface area contributed by atoms with E-state index in [9.17, 15) is 53.7 Å². The number of fused-ring (bicyclic) bond motifs is 2. The van der Waals surface area contributed by atoms with E-state index in [-0.39, 0.29) is 74.5 Å². The number of rotatable bonds is 23. The molecule has 1 aliphatic carbocycles. The molecule has 0 radical (unpaired) electrons. The number of para-hydroxylation sites is 1. The number of hydrogen-bond donors (Lipinski definition) is 15. The molecule has 36 heteroatoms. The highest BCUT2D eigenvalue weighted by Gasteiger charge is 2.42. The Bertz CT molecular complexity index is 5270. The van der Waals surface area contributed by atoms with Crippen molar-refractivity contribution in [2.45, 2.75) is 178 Å². The molecule has 0 unspecified atom stereocenters. The van der Waals surface area contributed by atoms with E-state index in [2.05, 4.69) is 58.2 Å². The van der Waals surface area contributed by atoms with E-state index in [4.69, 9.17) is 5.73 Å². The standard InChI is InChI=1S/C95H118N16O19S/c1-10-11-30-77-94(129)109(7)52-81(116)100-73(48-83(118)119)90(125)107-84(56(4)5)91(126)104-72(47-63-49-97-68-29-21-20-28-67(63)68)89(124)105-74(44-60-33-39-65(113)40-34-60)92(127)108(6)51-80(115)99-71(46-62-36-35-61-26-18-19-27-66(61)62)88(123)103-70(42-59-31-37-64(112)38-32-59)87(122)102-69(41-55(2)3)86(121)106-76(85(120)98-50-79(96)114)53-131-54-82(117)101-75(43-57-22-14-12-15-23-57)93(128)111(9)78(95(130)110(77)8)45-58-24-16-13-17-25-58/h12-29,31-34,36-40,49,55-56,69-78,84,97,112-113H,10-11,30,35,41-48,50-54H2,1-9H3,(H2,96,114)(H,98,120)(H,99,115)(H,100,116)(H,101,117)(H,102,122)(H,103,123)(H,104,126)(H,105,124)(H,106,121)(H,107,125)(H,118,119)/t69-,70-,71-,72-,73-,74-,75-,76-,77-,78-,84-/m0/s1. The molecule has 15 amide bonds. The fraction of sp³-hybridized carbons (Fsp3) is 0.411. The second kappa shape index (κ2) is 48.5. The van der Waals surface area contributed by atoms with Crippen LogP contribution in [0.5, 0.6) is 11.5 Å². The number of likely N-dealkylation sites (N-methyl/N-ethyl adjacent to an activating group) is 4. The lowest BCUT2D eigenvalue weighted by atomic mass is 9.98. The molecule has 131 heavy (non-hydrogen) atoms. The molecule has 0 spiro atoms. The Balaban J connectivity index is 1.11. The Kier molecular flexibility index (Phi) is 37.3. The Morgan fingerprint density at radius 3 is 1.56 bits per heavy atom. The van der Waals surface area contributed by atoms with Gasteiger partial charge in [-0.2, -0.15) is 0 Å². The number of H-pyrrole nitrogens is 1. The number of nitrogens with zero attached hydrogens (tertiary/aromatic N) is 4. The monoisotopic (exact) mass is 1820 g/mol. The lowest BCUT2D eigenvalue weighted by Gasteiger charge is -2.37. The number of benzene rings is 6. The van der Waals surface area contributed by atoms with Crippen molar-refractivity contribution in [3.05, 3.63) is 209 Å². The maximum atomic E-state index is 15.5. The van der Waals surface area contributed by atoms with Crippen LogP contribution in [0.25, 0.3) is 16.5 Å². The van der Waals surface area contributed by atoms with Gasteiger partial charge >= 0.3 is 5.97 Å². The summed E-state index contributed by atoms with van der Waals surface area (Å²) in [6.45, 7) is 6.15. The number of aromatic amines is 1. The largest absolute Gasteiger partial charge is 0.508 e. The predicted molar refractivity (Wildman–Crippen MR) is 490 cm³/mol. The third-order valence-corrected chi connectivity index (χ3v) is 23.7.